The van der Waals surface area contributed by atoms with Gasteiger partial charge in [-0.15, -0.1) is 0 Å². The molecule has 0 spiro atoms. The standard InChI is InChI=1S/C15H19N5O/c16-13-10-17-15(19-11-4-2-1-3-5-11)20-14(13)18-12-6-8-21-9-7-12/h1-5,10,12H,6-9,16H2,(H2,17,18,19,20). The highest BCUT2D eigenvalue weighted by atomic mass is 16.5. The Bertz CT molecular complexity index is 584. The van der Waals surface area contributed by atoms with Gasteiger partial charge in [0, 0.05) is 24.9 Å². The van der Waals surface area contributed by atoms with Crippen molar-refractivity contribution in [3.63, 3.8) is 0 Å². The molecule has 0 radical (unpaired) electrons. The predicted molar refractivity (Wildman–Crippen MR) is 83.6 cm³/mol. The molecule has 3 rings (SSSR count). The Morgan fingerprint density at radius 3 is 2.67 bits per heavy atom. The average Bonchev–Trinajstić information content (AvgIpc) is 2.53. The van der Waals surface area contributed by atoms with Crippen LogP contribution in [0.1, 0.15) is 12.8 Å². The van der Waals surface area contributed by atoms with Crippen molar-refractivity contribution >= 4 is 23.1 Å². The van der Waals surface area contributed by atoms with Crippen LogP contribution in [0, 0.1) is 0 Å². The minimum atomic E-state index is 0.348. The summed E-state index contributed by atoms with van der Waals surface area (Å²) in [5.74, 6) is 1.21. The van der Waals surface area contributed by atoms with E-state index in [1.165, 1.54) is 0 Å². The van der Waals surface area contributed by atoms with E-state index in [2.05, 4.69) is 20.6 Å². The second-order valence-corrected chi connectivity index (χ2v) is 5.02. The van der Waals surface area contributed by atoms with Crippen LogP contribution < -0.4 is 16.4 Å². The molecule has 0 aliphatic carbocycles. The Balaban J connectivity index is 1.73. The lowest BCUT2D eigenvalue weighted by atomic mass is 10.1. The van der Waals surface area contributed by atoms with Crippen LogP contribution >= 0.6 is 0 Å². The topological polar surface area (TPSA) is 85.1 Å². The highest BCUT2D eigenvalue weighted by Crippen LogP contribution is 2.21. The summed E-state index contributed by atoms with van der Waals surface area (Å²) in [5.41, 5.74) is 7.45. The number of rotatable bonds is 4. The van der Waals surface area contributed by atoms with Crippen molar-refractivity contribution in [2.24, 2.45) is 0 Å². The van der Waals surface area contributed by atoms with E-state index in [4.69, 9.17) is 10.5 Å². The van der Waals surface area contributed by atoms with Gasteiger partial charge in [-0.25, -0.2) is 4.98 Å². The number of aromatic nitrogens is 2. The van der Waals surface area contributed by atoms with Crippen LogP contribution in [0.25, 0.3) is 0 Å². The van der Waals surface area contributed by atoms with Gasteiger partial charge in [-0.2, -0.15) is 4.98 Å². The first kappa shape index (κ1) is 13.6. The maximum atomic E-state index is 5.95. The van der Waals surface area contributed by atoms with Crippen LogP contribution in [-0.2, 0) is 4.74 Å². The molecule has 0 amide bonds. The van der Waals surface area contributed by atoms with E-state index < -0.39 is 0 Å². The summed E-state index contributed by atoms with van der Waals surface area (Å²) in [6, 6.07) is 10.2. The van der Waals surface area contributed by atoms with E-state index in [-0.39, 0.29) is 0 Å². The maximum absolute atomic E-state index is 5.95. The van der Waals surface area contributed by atoms with Gasteiger partial charge in [-0.1, -0.05) is 18.2 Å². The SMILES string of the molecule is Nc1cnc(Nc2ccccc2)nc1NC1CCOCC1. The van der Waals surface area contributed by atoms with Gasteiger partial charge in [-0.3, -0.25) is 0 Å². The summed E-state index contributed by atoms with van der Waals surface area (Å²) in [6.07, 6.45) is 3.55. The van der Waals surface area contributed by atoms with Crippen molar-refractivity contribution < 1.29 is 4.74 Å². The summed E-state index contributed by atoms with van der Waals surface area (Å²) in [4.78, 5) is 8.68. The van der Waals surface area contributed by atoms with Gasteiger partial charge in [0.2, 0.25) is 5.95 Å². The Labute approximate surface area is 123 Å². The first-order valence-electron chi connectivity index (χ1n) is 7.10. The number of nitrogens with two attached hydrogens (primary N) is 1. The third-order valence-corrected chi connectivity index (χ3v) is 3.41. The van der Waals surface area contributed by atoms with Crippen molar-refractivity contribution in [1.29, 1.82) is 0 Å². The molecule has 1 aliphatic rings. The maximum Gasteiger partial charge on any atom is 0.229 e. The van der Waals surface area contributed by atoms with Gasteiger partial charge in [0.25, 0.3) is 0 Å². The van der Waals surface area contributed by atoms with E-state index in [0.717, 1.165) is 31.7 Å². The molecule has 1 aliphatic heterocycles. The number of nitrogen functional groups attached to an aromatic ring is 1. The Morgan fingerprint density at radius 1 is 1.14 bits per heavy atom. The number of para-hydroxylation sites is 1. The van der Waals surface area contributed by atoms with Crippen LogP contribution in [0.15, 0.2) is 36.5 Å². The molecule has 0 bridgehead atoms. The molecule has 21 heavy (non-hydrogen) atoms. The first-order chi connectivity index (χ1) is 10.3. The zero-order valence-electron chi connectivity index (χ0n) is 11.7. The summed E-state index contributed by atoms with van der Waals surface area (Å²) >= 11 is 0. The third-order valence-electron chi connectivity index (χ3n) is 3.41. The van der Waals surface area contributed by atoms with Crippen LogP contribution in [0.3, 0.4) is 0 Å². The fourth-order valence-corrected chi connectivity index (χ4v) is 2.25. The van der Waals surface area contributed by atoms with Gasteiger partial charge in [0.05, 0.1) is 11.9 Å². The second-order valence-electron chi connectivity index (χ2n) is 5.02. The van der Waals surface area contributed by atoms with Gasteiger partial charge in [0.1, 0.15) is 0 Å². The summed E-state index contributed by atoms with van der Waals surface area (Å²) in [7, 11) is 0. The molecule has 4 N–H and O–H groups in total. The van der Waals surface area contributed by atoms with E-state index in [9.17, 15) is 0 Å². The number of anilines is 4. The van der Waals surface area contributed by atoms with Crippen molar-refractivity contribution in [3.8, 4) is 0 Å². The summed E-state index contributed by atoms with van der Waals surface area (Å²) in [5, 5.41) is 6.55. The number of nitrogens with zero attached hydrogens (tertiary/aromatic N) is 2. The van der Waals surface area contributed by atoms with E-state index in [0.29, 0.717) is 23.5 Å². The minimum Gasteiger partial charge on any atom is -0.394 e. The number of hydrogen-bond donors (Lipinski definition) is 3. The fourth-order valence-electron chi connectivity index (χ4n) is 2.25. The molecule has 6 heteroatoms. The molecule has 1 saturated heterocycles. The summed E-state index contributed by atoms with van der Waals surface area (Å²) < 4.78 is 5.35. The van der Waals surface area contributed by atoms with E-state index in [1.54, 1.807) is 6.20 Å². The van der Waals surface area contributed by atoms with Crippen molar-refractivity contribution in [3.05, 3.63) is 36.5 Å². The van der Waals surface area contributed by atoms with Crippen LogP contribution in [0.5, 0.6) is 0 Å². The lowest BCUT2D eigenvalue weighted by molar-refractivity contribution is 0.0904. The largest absolute Gasteiger partial charge is 0.394 e. The number of hydrogen-bond acceptors (Lipinski definition) is 6. The van der Waals surface area contributed by atoms with Gasteiger partial charge in [-0.05, 0) is 25.0 Å². The van der Waals surface area contributed by atoms with Crippen LogP contribution in [0.2, 0.25) is 0 Å². The first-order valence-corrected chi connectivity index (χ1v) is 7.10. The molecule has 1 aromatic heterocycles. The number of nitrogens with one attached hydrogen (secondary N) is 2. The molecule has 0 saturated carbocycles. The smallest absolute Gasteiger partial charge is 0.229 e. The van der Waals surface area contributed by atoms with Gasteiger partial charge >= 0.3 is 0 Å². The molecule has 1 fully saturated rings. The number of benzene rings is 1. The highest BCUT2D eigenvalue weighted by molar-refractivity contribution is 5.64. The molecular formula is C15H19N5O. The van der Waals surface area contributed by atoms with E-state index >= 15 is 0 Å². The van der Waals surface area contributed by atoms with Crippen LogP contribution in [-0.4, -0.2) is 29.2 Å². The minimum absolute atomic E-state index is 0.348. The normalized spacial score (nSPS) is 15.6. The molecule has 1 aromatic carbocycles. The fraction of sp³-hybridized carbons (Fsp3) is 0.333. The van der Waals surface area contributed by atoms with Gasteiger partial charge < -0.3 is 21.1 Å². The summed E-state index contributed by atoms with van der Waals surface area (Å²) in [6.45, 7) is 1.55. The Morgan fingerprint density at radius 2 is 1.90 bits per heavy atom. The molecular weight excluding hydrogens is 266 g/mol. The highest BCUT2D eigenvalue weighted by Gasteiger charge is 2.15. The average molecular weight is 285 g/mol. The molecule has 2 aromatic rings. The van der Waals surface area contributed by atoms with Crippen molar-refractivity contribution in [1.82, 2.24) is 9.97 Å². The van der Waals surface area contributed by atoms with Crippen molar-refractivity contribution in [2.45, 2.75) is 18.9 Å². The zero-order valence-corrected chi connectivity index (χ0v) is 11.7. The lowest BCUT2D eigenvalue weighted by Crippen LogP contribution is -2.28. The predicted octanol–water partition coefficient (Wildman–Crippen LogP) is 2.39. The monoisotopic (exact) mass is 285 g/mol. The Kier molecular flexibility index (Phi) is 4.16. The molecule has 6 nitrogen and oxygen atoms in total. The molecule has 0 atom stereocenters. The lowest BCUT2D eigenvalue weighted by Gasteiger charge is -2.24. The molecule has 110 valence electrons. The van der Waals surface area contributed by atoms with E-state index in [1.807, 2.05) is 30.3 Å². The third kappa shape index (κ3) is 3.61. The zero-order chi connectivity index (χ0) is 14.5. The number of ether oxygens (including phenoxy) is 1. The second kappa shape index (κ2) is 6.41. The van der Waals surface area contributed by atoms with Crippen molar-refractivity contribution in [2.75, 3.05) is 29.6 Å². The van der Waals surface area contributed by atoms with Crippen LogP contribution in [0.4, 0.5) is 23.1 Å². The quantitative estimate of drug-likeness (QED) is 0.800. The Hall–Kier alpha value is -2.34. The van der Waals surface area contributed by atoms with Gasteiger partial charge in [0.15, 0.2) is 5.82 Å². The molecule has 0 unspecified atom stereocenters. The molecule has 2 heterocycles.